The molecule has 0 spiro atoms. The number of hydrogen-bond donors (Lipinski definition) is 1. The number of rotatable bonds is 6. The molecule has 0 saturated carbocycles. The quantitative estimate of drug-likeness (QED) is 0.347. The standard InChI is InChI=1S/C24H21FN2O5/c1-3-12-31-16-10-8-15(9-11-16)22(28)20-21(17-6-4-5-7-18(17)25)27(24(30)23(20)29)19-13-14(2)32-26-19/h4-11,13,21,28H,3,12H2,1-2H3/t21-/m0/s1. The number of carbonyl (C=O) groups excluding carboxylic acids is 2. The van der Waals surface area contributed by atoms with Gasteiger partial charge in [-0.15, -0.1) is 0 Å². The smallest absolute Gasteiger partial charge is 0.301 e. The van der Waals surface area contributed by atoms with Crippen LogP contribution in [0.5, 0.6) is 5.75 Å². The molecule has 2 aromatic carbocycles. The molecule has 164 valence electrons. The lowest BCUT2D eigenvalue weighted by Gasteiger charge is -2.23. The van der Waals surface area contributed by atoms with E-state index in [0.29, 0.717) is 23.7 Å². The van der Waals surface area contributed by atoms with Crippen molar-refractivity contribution in [2.75, 3.05) is 11.5 Å². The summed E-state index contributed by atoms with van der Waals surface area (Å²) in [6, 6.07) is 12.5. The van der Waals surface area contributed by atoms with Crippen molar-refractivity contribution in [1.29, 1.82) is 0 Å². The molecule has 2 heterocycles. The van der Waals surface area contributed by atoms with Crippen LogP contribution < -0.4 is 9.64 Å². The zero-order valence-electron chi connectivity index (χ0n) is 17.5. The van der Waals surface area contributed by atoms with Crippen LogP contribution in [-0.2, 0) is 9.59 Å². The number of nitrogens with zero attached hydrogens (tertiary/aromatic N) is 2. The minimum atomic E-state index is -1.21. The molecule has 8 heteroatoms. The van der Waals surface area contributed by atoms with E-state index >= 15 is 0 Å². The first kappa shape index (κ1) is 21.3. The van der Waals surface area contributed by atoms with E-state index in [0.717, 1.165) is 11.3 Å². The van der Waals surface area contributed by atoms with E-state index in [2.05, 4.69) is 5.16 Å². The van der Waals surface area contributed by atoms with E-state index in [1.165, 1.54) is 24.3 Å². The summed E-state index contributed by atoms with van der Waals surface area (Å²) in [6.07, 6.45) is 0.843. The van der Waals surface area contributed by atoms with Crippen molar-refractivity contribution in [3.05, 3.63) is 82.9 Å². The summed E-state index contributed by atoms with van der Waals surface area (Å²) >= 11 is 0. The van der Waals surface area contributed by atoms with Crippen LogP contribution in [-0.4, -0.2) is 28.6 Å². The second kappa shape index (κ2) is 8.66. The molecule has 1 saturated heterocycles. The molecular weight excluding hydrogens is 415 g/mol. The van der Waals surface area contributed by atoms with Gasteiger partial charge in [-0.25, -0.2) is 4.39 Å². The fraction of sp³-hybridized carbons (Fsp3) is 0.208. The monoisotopic (exact) mass is 436 g/mol. The fourth-order valence-corrected chi connectivity index (χ4v) is 3.61. The molecule has 1 fully saturated rings. The predicted octanol–water partition coefficient (Wildman–Crippen LogP) is 4.54. The Morgan fingerprint density at radius 3 is 2.53 bits per heavy atom. The van der Waals surface area contributed by atoms with Gasteiger partial charge in [0.1, 0.15) is 23.1 Å². The van der Waals surface area contributed by atoms with Gasteiger partial charge in [0.25, 0.3) is 5.78 Å². The third-order valence-electron chi connectivity index (χ3n) is 5.11. The maximum atomic E-state index is 14.8. The zero-order chi connectivity index (χ0) is 22.8. The third-order valence-corrected chi connectivity index (χ3v) is 5.11. The summed E-state index contributed by atoms with van der Waals surface area (Å²) in [5.74, 6) is -1.84. The van der Waals surface area contributed by atoms with Crippen LogP contribution in [0.25, 0.3) is 5.76 Å². The van der Waals surface area contributed by atoms with Crippen molar-refractivity contribution >= 4 is 23.3 Å². The molecule has 7 nitrogen and oxygen atoms in total. The Bertz CT molecular complexity index is 1200. The predicted molar refractivity (Wildman–Crippen MR) is 115 cm³/mol. The Hall–Kier alpha value is -3.94. The first-order valence-corrected chi connectivity index (χ1v) is 10.1. The number of ether oxygens (including phenoxy) is 1. The van der Waals surface area contributed by atoms with Crippen molar-refractivity contribution in [2.24, 2.45) is 0 Å². The topological polar surface area (TPSA) is 92.9 Å². The van der Waals surface area contributed by atoms with Gasteiger partial charge in [-0.05, 0) is 43.7 Å². The van der Waals surface area contributed by atoms with Gasteiger partial charge in [0, 0.05) is 17.2 Å². The second-order valence-corrected chi connectivity index (χ2v) is 7.36. The maximum Gasteiger partial charge on any atom is 0.301 e. The summed E-state index contributed by atoms with van der Waals surface area (Å²) in [6.45, 7) is 4.16. The number of aryl methyl sites for hydroxylation is 1. The summed E-state index contributed by atoms with van der Waals surface area (Å²) < 4.78 is 25.4. The number of hydrogen-bond acceptors (Lipinski definition) is 6. The van der Waals surface area contributed by atoms with Gasteiger partial charge in [0.2, 0.25) is 0 Å². The lowest BCUT2D eigenvalue weighted by molar-refractivity contribution is -0.132. The molecule has 0 unspecified atom stereocenters. The van der Waals surface area contributed by atoms with Crippen molar-refractivity contribution in [2.45, 2.75) is 26.3 Å². The molecule has 0 aliphatic carbocycles. The molecule has 4 rings (SSSR count). The highest BCUT2D eigenvalue weighted by atomic mass is 19.1. The van der Waals surface area contributed by atoms with E-state index in [-0.39, 0.29) is 17.0 Å². The number of benzene rings is 2. The van der Waals surface area contributed by atoms with Crippen molar-refractivity contribution in [1.82, 2.24) is 5.16 Å². The van der Waals surface area contributed by atoms with Gasteiger partial charge in [0.15, 0.2) is 5.82 Å². The average Bonchev–Trinajstić information content (AvgIpc) is 3.33. The summed E-state index contributed by atoms with van der Waals surface area (Å²) in [5, 5.41) is 14.9. The third kappa shape index (κ3) is 3.75. The van der Waals surface area contributed by atoms with Gasteiger partial charge in [-0.2, -0.15) is 0 Å². The zero-order valence-corrected chi connectivity index (χ0v) is 17.5. The molecule has 32 heavy (non-hydrogen) atoms. The van der Waals surface area contributed by atoms with Gasteiger partial charge < -0.3 is 14.4 Å². The van der Waals surface area contributed by atoms with Crippen LogP contribution in [0.1, 0.15) is 36.3 Å². The minimum Gasteiger partial charge on any atom is -0.507 e. The highest BCUT2D eigenvalue weighted by Crippen LogP contribution is 2.42. The van der Waals surface area contributed by atoms with Gasteiger partial charge in [-0.3, -0.25) is 14.5 Å². The van der Waals surface area contributed by atoms with Gasteiger partial charge >= 0.3 is 5.91 Å². The van der Waals surface area contributed by atoms with Gasteiger partial charge in [0.05, 0.1) is 18.2 Å². The van der Waals surface area contributed by atoms with Crippen molar-refractivity contribution < 1.29 is 28.3 Å². The van der Waals surface area contributed by atoms with Gasteiger partial charge in [-0.1, -0.05) is 30.3 Å². The molecule has 1 aliphatic heterocycles. The van der Waals surface area contributed by atoms with Crippen molar-refractivity contribution in [3.8, 4) is 5.75 Å². The van der Waals surface area contributed by atoms with E-state index < -0.39 is 29.3 Å². The lowest BCUT2D eigenvalue weighted by Crippen LogP contribution is -2.30. The van der Waals surface area contributed by atoms with Crippen molar-refractivity contribution in [3.63, 3.8) is 0 Å². The average molecular weight is 436 g/mol. The highest BCUT2D eigenvalue weighted by Gasteiger charge is 2.48. The van der Waals surface area contributed by atoms with E-state index in [1.54, 1.807) is 37.3 Å². The largest absolute Gasteiger partial charge is 0.507 e. The van der Waals surface area contributed by atoms with E-state index in [9.17, 15) is 19.1 Å². The second-order valence-electron chi connectivity index (χ2n) is 7.36. The number of carbonyl (C=O) groups is 2. The number of aromatic nitrogens is 1. The number of aliphatic hydroxyl groups excluding tert-OH is 1. The first-order valence-electron chi connectivity index (χ1n) is 10.1. The normalized spacial score (nSPS) is 17.7. The Labute approximate surface area is 183 Å². The molecule has 1 N–H and O–H groups in total. The maximum absolute atomic E-state index is 14.8. The van der Waals surface area contributed by atoms with Crippen LogP contribution in [0.4, 0.5) is 10.2 Å². The lowest BCUT2D eigenvalue weighted by atomic mass is 9.95. The summed E-state index contributed by atoms with van der Waals surface area (Å²) in [5.41, 5.74) is 0.115. The molecule has 0 radical (unpaired) electrons. The number of halogens is 1. The molecular formula is C24H21FN2O5. The Balaban J connectivity index is 1.86. The summed E-state index contributed by atoms with van der Waals surface area (Å²) in [7, 11) is 0. The molecule has 1 atom stereocenters. The van der Waals surface area contributed by atoms with Crippen LogP contribution in [0.15, 0.2) is 64.7 Å². The van der Waals surface area contributed by atoms with Crippen LogP contribution >= 0.6 is 0 Å². The Morgan fingerprint density at radius 2 is 1.91 bits per heavy atom. The highest BCUT2D eigenvalue weighted by molar-refractivity contribution is 6.51. The number of Topliss-reactive ketones (excluding diaryl/α,β-unsaturated/α-hetero) is 1. The van der Waals surface area contributed by atoms with Crippen LogP contribution in [0.2, 0.25) is 0 Å². The van der Waals surface area contributed by atoms with E-state index in [4.69, 9.17) is 9.26 Å². The Morgan fingerprint density at radius 1 is 1.19 bits per heavy atom. The first-order chi connectivity index (χ1) is 15.4. The molecule has 1 aliphatic rings. The minimum absolute atomic E-state index is 0.0526. The SMILES string of the molecule is CCCOc1ccc(C(O)=C2C(=O)C(=O)N(c3cc(C)on3)[C@H]2c2ccccc2F)cc1. The van der Waals surface area contributed by atoms with E-state index in [1.807, 2.05) is 6.92 Å². The number of anilines is 1. The number of ketones is 1. The molecule has 1 amide bonds. The molecule has 0 bridgehead atoms. The molecule has 3 aromatic rings. The van der Waals surface area contributed by atoms with Crippen LogP contribution in [0, 0.1) is 12.7 Å². The Kier molecular flexibility index (Phi) is 5.77. The number of aliphatic hydroxyl groups is 1. The fourth-order valence-electron chi connectivity index (χ4n) is 3.61. The number of amides is 1. The summed E-state index contributed by atoms with van der Waals surface area (Å²) in [4.78, 5) is 27.0. The van der Waals surface area contributed by atoms with Crippen LogP contribution in [0.3, 0.4) is 0 Å². The molecule has 1 aromatic heterocycles.